The van der Waals surface area contributed by atoms with Crippen molar-refractivity contribution in [2.45, 2.75) is 73.6 Å². The molecule has 1 aromatic rings. The number of hydrogen-bond donors (Lipinski definition) is 0. The molecule has 0 amide bonds. The summed E-state index contributed by atoms with van der Waals surface area (Å²) in [6, 6.07) is 9.18. The van der Waals surface area contributed by atoms with Gasteiger partial charge in [0.25, 0.3) is 0 Å². The monoisotopic (exact) mass is 260 g/mol. The summed E-state index contributed by atoms with van der Waals surface area (Å²) in [7, 11) is 0. The Bertz CT molecular complexity index is 374. The molecule has 0 saturated heterocycles. The van der Waals surface area contributed by atoms with Crippen LogP contribution in [0.1, 0.15) is 71.9 Å². The van der Waals surface area contributed by atoms with Crippen molar-refractivity contribution in [3.8, 4) is 0 Å². The van der Waals surface area contributed by atoms with Gasteiger partial charge in [-0.15, -0.1) is 0 Å². The van der Waals surface area contributed by atoms with Crippen molar-refractivity contribution in [1.29, 1.82) is 0 Å². The molecular formula is C19H32. The highest BCUT2D eigenvalue weighted by molar-refractivity contribution is 5.24. The van der Waals surface area contributed by atoms with Crippen LogP contribution in [0.4, 0.5) is 0 Å². The van der Waals surface area contributed by atoms with Gasteiger partial charge in [-0.1, -0.05) is 72.2 Å². The molecular weight excluding hydrogens is 228 g/mol. The standard InChI is InChI=1S/C19H32/c1-18(2,3)13-8-7-10-16-11-9-12-17(14-16)15-19(4,5)6/h9,11-12,14H,7-8,10,13,15H2,1-6H3. The van der Waals surface area contributed by atoms with Crippen molar-refractivity contribution < 1.29 is 0 Å². The number of benzene rings is 1. The number of hydrogen-bond acceptors (Lipinski definition) is 0. The Morgan fingerprint density at radius 3 is 2.00 bits per heavy atom. The van der Waals surface area contributed by atoms with E-state index in [1.165, 1.54) is 43.2 Å². The van der Waals surface area contributed by atoms with Gasteiger partial charge in [0.15, 0.2) is 0 Å². The van der Waals surface area contributed by atoms with Crippen LogP contribution in [0.15, 0.2) is 24.3 Å². The third-order valence-corrected chi connectivity index (χ3v) is 3.37. The Kier molecular flexibility index (Phi) is 5.64. The van der Waals surface area contributed by atoms with Gasteiger partial charge in [-0.2, -0.15) is 0 Å². The normalized spacial score (nSPS) is 12.7. The summed E-state index contributed by atoms with van der Waals surface area (Å²) in [6.45, 7) is 13.9. The fourth-order valence-electron chi connectivity index (χ4n) is 2.49. The summed E-state index contributed by atoms with van der Waals surface area (Å²) < 4.78 is 0. The van der Waals surface area contributed by atoms with Crippen LogP contribution in [0.5, 0.6) is 0 Å². The average molecular weight is 260 g/mol. The molecule has 0 heteroatoms. The van der Waals surface area contributed by atoms with Crippen molar-refractivity contribution in [3.05, 3.63) is 35.4 Å². The molecule has 0 unspecified atom stereocenters. The lowest BCUT2D eigenvalue weighted by Crippen LogP contribution is -2.09. The molecule has 0 heterocycles. The zero-order valence-corrected chi connectivity index (χ0v) is 13.8. The lowest BCUT2D eigenvalue weighted by molar-refractivity contribution is 0.360. The van der Waals surface area contributed by atoms with Gasteiger partial charge in [-0.05, 0) is 47.6 Å². The van der Waals surface area contributed by atoms with E-state index >= 15 is 0 Å². The highest BCUT2D eigenvalue weighted by Crippen LogP contribution is 2.23. The Morgan fingerprint density at radius 2 is 1.42 bits per heavy atom. The molecule has 108 valence electrons. The van der Waals surface area contributed by atoms with E-state index in [9.17, 15) is 0 Å². The molecule has 0 N–H and O–H groups in total. The predicted molar refractivity (Wildman–Crippen MR) is 86.6 cm³/mol. The summed E-state index contributed by atoms with van der Waals surface area (Å²) in [5.41, 5.74) is 3.86. The number of rotatable bonds is 5. The molecule has 0 saturated carbocycles. The molecule has 0 aliphatic carbocycles. The van der Waals surface area contributed by atoms with Crippen molar-refractivity contribution in [3.63, 3.8) is 0 Å². The fraction of sp³-hybridized carbons (Fsp3) is 0.684. The fourth-order valence-corrected chi connectivity index (χ4v) is 2.49. The molecule has 0 nitrogen and oxygen atoms in total. The molecule has 0 spiro atoms. The van der Waals surface area contributed by atoms with Crippen molar-refractivity contribution >= 4 is 0 Å². The van der Waals surface area contributed by atoms with Gasteiger partial charge in [0.05, 0.1) is 0 Å². The first-order valence-electron chi connectivity index (χ1n) is 7.74. The molecule has 0 fully saturated rings. The first-order chi connectivity index (χ1) is 8.66. The number of unbranched alkanes of at least 4 members (excludes halogenated alkanes) is 1. The first-order valence-corrected chi connectivity index (χ1v) is 7.74. The second kappa shape index (κ2) is 6.59. The van der Waals surface area contributed by atoms with Crippen molar-refractivity contribution in [1.82, 2.24) is 0 Å². The van der Waals surface area contributed by atoms with Gasteiger partial charge in [0, 0.05) is 0 Å². The summed E-state index contributed by atoms with van der Waals surface area (Å²) in [4.78, 5) is 0. The van der Waals surface area contributed by atoms with E-state index in [0.29, 0.717) is 10.8 Å². The Labute approximate surface area is 120 Å². The highest BCUT2D eigenvalue weighted by Gasteiger charge is 2.12. The van der Waals surface area contributed by atoms with E-state index in [1.807, 2.05) is 0 Å². The zero-order valence-electron chi connectivity index (χ0n) is 13.8. The predicted octanol–water partition coefficient (Wildman–Crippen LogP) is 6.03. The van der Waals surface area contributed by atoms with Gasteiger partial charge in [0.2, 0.25) is 0 Å². The van der Waals surface area contributed by atoms with Crippen LogP contribution in [0.25, 0.3) is 0 Å². The molecule has 1 aromatic carbocycles. The lowest BCUT2D eigenvalue weighted by Gasteiger charge is -2.19. The summed E-state index contributed by atoms with van der Waals surface area (Å²) in [6.07, 6.45) is 6.38. The smallest absolute Gasteiger partial charge is 0.0230 e. The second-order valence-corrected chi connectivity index (χ2v) is 8.33. The minimum atomic E-state index is 0.380. The molecule has 0 aliphatic rings. The van der Waals surface area contributed by atoms with Gasteiger partial charge < -0.3 is 0 Å². The minimum Gasteiger partial charge on any atom is -0.0617 e. The molecule has 0 aliphatic heterocycles. The summed E-state index contributed by atoms with van der Waals surface area (Å²) in [5, 5.41) is 0. The quantitative estimate of drug-likeness (QED) is 0.567. The summed E-state index contributed by atoms with van der Waals surface area (Å²) >= 11 is 0. The Morgan fingerprint density at radius 1 is 0.789 bits per heavy atom. The Balaban J connectivity index is 2.44. The topological polar surface area (TPSA) is 0 Å². The van der Waals surface area contributed by atoms with Crippen LogP contribution in [0.3, 0.4) is 0 Å². The SMILES string of the molecule is CC(C)(C)CCCCc1cccc(CC(C)(C)C)c1. The van der Waals surface area contributed by atoms with Crippen LogP contribution in [0, 0.1) is 10.8 Å². The maximum Gasteiger partial charge on any atom is -0.0230 e. The third kappa shape index (κ3) is 8.08. The van der Waals surface area contributed by atoms with E-state index in [0.717, 1.165) is 0 Å². The van der Waals surface area contributed by atoms with Crippen LogP contribution >= 0.6 is 0 Å². The van der Waals surface area contributed by atoms with E-state index < -0.39 is 0 Å². The third-order valence-electron chi connectivity index (χ3n) is 3.37. The van der Waals surface area contributed by atoms with Gasteiger partial charge in [-0.3, -0.25) is 0 Å². The molecule has 19 heavy (non-hydrogen) atoms. The van der Waals surface area contributed by atoms with Crippen LogP contribution in [-0.2, 0) is 12.8 Å². The molecule has 0 bridgehead atoms. The number of aryl methyl sites for hydroxylation is 1. The zero-order chi connectivity index (χ0) is 14.5. The Hall–Kier alpha value is -0.780. The maximum absolute atomic E-state index is 2.41. The van der Waals surface area contributed by atoms with Crippen LogP contribution in [-0.4, -0.2) is 0 Å². The van der Waals surface area contributed by atoms with E-state index in [4.69, 9.17) is 0 Å². The van der Waals surface area contributed by atoms with Gasteiger partial charge in [-0.25, -0.2) is 0 Å². The minimum absolute atomic E-state index is 0.380. The summed E-state index contributed by atoms with van der Waals surface area (Å²) in [5.74, 6) is 0. The first kappa shape index (κ1) is 16.3. The van der Waals surface area contributed by atoms with Gasteiger partial charge in [0.1, 0.15) is 0 Å². The maximum atomic E-state index is 2.41. The lowest BCUT2D eigenvalue weighted by atomic mass is 9.87. The van der Waals surface area contributed by atoms with E-state index in [1.54, 1.807) is 0 Å². The van der Waals surface area contributed by atoms with E-state index in [-0.39, 0.29) is 0 Å². The highest BCUT2D eigenvalue weighted by atomic mass is 14.2. The van der Waals surface area contributed by atoms with Crippen LogP contribution < -0.4 is 0 Å². The van der Waals surface area contributed by atoms with E-state index in [2.05, 4.69) is 65.8 Å². The van der Waals surface area contributed by atoms with Crippen LogP contribution in [0.2, 0.25) is 0 Å². The van der Waals surface area contributed by atoms with Gasteiger partial charge >= 0.3 is 0 Å². The second-order valence-electron chi connectivity index (χ2n) is 8.33. The molecule has 1 rings (SSSR count). The molecule has 0 aromatic heterocycles. The average Bonchev–Trinajstić information content (AvgIpc) is 2.21. The molecule has 0 radical (unpaired) electrons. The molecule has 0 atom stereocenters. The largest absolute Gasteiger partial charge is 0.0617 e. The van der Waals surface area contributed by atoms with Crippen molar-refractivity contribution in [2.75, 3.05) is 0 Å². The van der Waals surface area contributed by atoms with Crippen molar-refractivity contribution in [2.24, 2.45) is 10.8 Å².